The maximum Gasteiger partial charge on any atom is 0.243 e. The molecule has 1 fully saturated rings. The van der Waals surface area contributed by atoms with Crippen LogP contribution in [0.1, 0.15) is 49.3 Å². The molecule has 2 aliphatic rings. The van der Waals surface area contributed by atoms with Crippen molar-refractivity contribution in [1.29, 1.82) is 0 Å². The van der Waals surface area contributed by atoms with Crippen LogP contribution in [0.3, 0.4) is 0 Å². The van der Waals surface area contributed by atoms with Crippen LogP contribution in [0.4, 0.5) is 5.69 Å². The fourth-order valence-corrected chi connectivity index (χ4v) is 6.52. The van der Waals surface area contributed by atoms with Crippen LogP contribution in [0.25, 0.3) is 0 Å². The third-order valence-corrected chi connectivity index (χ3v) is 8.73. The number of aryl methyl sites for hydroxylation is 1. The second-order valence-corrected chi connectivity index (χ2v) is 11.1. The second-order valence-electron chi connectivity index (χ2n) is 9.19. The van der Waals surface area contributed by atoms with Crippen molar-refractivity contribution in [1.82, 2.24) is 9.62 Å². The molecule has 34 heavy (non-hydrogen) atoms. The zero-order chi connectivity index (χ0) is 24.3. The first-order chi connectivity index (χ1) is 16.3. The third kappa shape index (κ3) is 5.03. The second kappa shape index (κ2) is 10.3. The maximum absolute atomic E-state index is 13.2. The van der Waals surface area contributed by atoms with Crippen molar-refractivity contribution < 1.29 is 18.0 Å². The summed E-state index contributed by atoms with van der Waals surface area (Å²) in [4.78, 5) is 27.2. The van der Waals surface area contributed by atoms with Crippen LogP contribution in [-0.4, -0.2) is 50.2 Å². The predicted molar refractivity (Wildman–Crippen MR) is 132 cm³/mol. The quantitative estimate of drug-likeness (QED) is 0.684. The number of hydrogen-bond donors (Lipinski definition) is 1. The van der Waals surface area contributed by atoms with Gasteiger partial charge in [-0.3, -0.25) is 14.5 Å². The number of sulfonamides is 1. The summed E-state index contributed by atoms with van der Waals surface area (Å²) in [6, 6.07) is 12.2. The molecular weight excluding hydrogens is 450 g/mol. The topological polar surface area (TPSA) is 86.8 Å². The Kier molecular flexibility index (Phi) is 7.38. The van der Waals surface area contributed by atoms with Crippen LogP contribution in [0.15, 0.2) is 47.4 Å². The molecule has 0 bridgehead atoms. The summed E-state index contributed by atoms with van der Waals surface area (Å²) in [6.07, 6.45) is 4.83. The highest BCUT2D eigenvalue weighted by Gasteiger charge is 2.38. The lowest BCUT2D eigenvalue weighted by atomic mass is 10.1. The van der Waals surface area contributed by atoms with E-state index in [-0.39, 0.29) is 16.7 Å². The van der Waals surface area contributed by atoms with E-state index in [4.69, 9.17) is 0 Å². The molecule has 1 saturated heterocycles. The van der Waals surface area contributed by atoms with Crippen LogP contribution in [0, 0.1) is 6.92 Å². The number of hydrogen-bond acceptors (Lipinski definition) is 4. The lowest BCUT2D eigenvalue weighted by Gasteiger charge is -2.24. The van der Waals surface area contributed by atoms with Gasteiger partial charge < -0.3 is 5.32 Å². The van der Waals surface area contributed by atoms with Gasteiger partial charge in [0.25, 0.3) is 0 Å². The van der Waals surface area contributed by atoms with Crippen molar-refractivity contribution in [3.05, 3.63) is 59.2 Å². The summed E-state index contributed by atoms with van der Waals surface area (Å²) in [7, 11) is -3.60. The van der Waals surface area contributed by atoms with Gasteiger partial charge in [-0.2, -0.15) is 4.31 Å². The first-order valence-electron chi connectivity index (χ1n) is 12.0. The van der Waals surface area contributed by atoms with Crippen LogP contribution < -0.4 is 10.2 Å². The van der Waals surface area contributed by atoms with Gasteiger partial charge in [0.2, 0.25) is 21.8 Å². The highest BCUT2D eigenvalue weighted by Crippen LogP contribution is 2.35. The molecule has 4 rings (SSSR count). The molecule has 2 aromatic rings. The molecule has 1 N–H and O–H groups in total. The van der Waals surface area contributed by atoms with Gasteiger partial charge in [0, 0.05) is 38.7 Å². The Morgan fingerprint density at radius 1 is 1.03 bits per heavy atom. The van der Waals surface area contributed by atoms with Crippen molar-refractivity contribution in [3.63, 3.8) is 0 Å². The normalized spacial score (nSPS) is 18.9. The average Bonchev–Trinajstić information content (AvgIpc) is 2.98. The number of fused-ring (bicyclic) bond motifs is 1. The Labute approximate surface area is 202 Å². The van der Waals surface area contributed by atoms with Crippen molar-refractivity contribution in [2.75, 3.05) is 24.5 Å². The molecule has 0 radical (unpaired) electrons. The van der Waals surface area contributed by atoms with Gasteiger partial charge in [-0.1, -0.05) is 37.1 Å². The van der Waals surface area contributed by atoms with E-state index in [2.05, 4.69) is 5.32 Å². The molecule has 0 aliphatic carbocycles. The van der Waals surface area contributed by atoms with E-state index in [9.17, 15) is 18.0 Å². The molecule has 182 valence electrons. The summed E-state index contributed by atoms with van der Waals surface area (Å²) in [5.74, 6) is -0.460. The van der Waals surface area contributed by atoms with E-state index >= 15 is 0 Å². The van der Waals surface area contributed by atoms with Crippen LogP contribution in [0.5, 0.6) is 0 Å². The minimum atomic E-state index is -3.60. The molecule has 0 unspecified atom stereocenters. The van der Waals surface area contributed by atoms with E-state index < -0.39 is 16.1 Å². The number of amides is 2. The van der Waals surface area contributed by atoms with Gasteiger partial charge >= 0.3 is 0 Å². The van der Waals surface area contributed by atoms with Gasteiger partial charge in [-0.15, -0.1) is 0 Å². The van der Waals surface area contributed by atoms with E-state index in [1.807, 2.05) is 31.2 Å². The Balaban J connectivity index is 1.50. The summed E-state index contributed by atoms with van der Waals surface area (Å²) < 4.78 is 28.0. The molecule has 1 atom stereocenters. The monoisotopic (exact) mass is 483 g/mol. The van der Waals surface area contributed by atoms with Crippen molar-refractivity contribution in [3.8, 4) is 0 Å². The van der Waals surface area contributed by atoms with Crippen molar-refractivity contribution >= 4 is 27.5 Å². The molecule has 2 heterocycles. The van der Waals surface area contributed by atoms with Gasteiger partial charge in [-0.25, -0.2) is 8.42 Å². The average molecular weight is 484 g/mol. The summed E-state index contributed by atoms with van der Waals surface area (Å²) in [5.41, 5.74) is 3.67. The molecule has 2 aliphatic heterocycles. The number of carbonyl (C=O) groups excluding carboxylic acids is 2. The zero-order valence-electron chi connectivity index (χ0n) is 19.9. The van der Waals surface area contributed by atoms with E-state index in [1.165, 1.54) is 23.0 Å². The highest BCUT2D eigenvalue weighted by molar-refractivity contribution is 7.89. The minimum Gasteiger partial charge on any atom is -0.354 e. The Bertz CT molecular complexity index is 1170. The molecule has 0 saturated carbocycles. The van der Waals surface area contributed by atoms with E-state index in [1.54, 1.807) is 22.5 Å². The summed E-state index contributed by atoms with van der Waals surface area (Å²) >= 11 is 0. The third-order valence-electron chi connectivity index (χ3n) is 6.83. The first-order valence-corrected chi connectivity index (χ1v) is 13.5. The number of nitrogens with zero attached hydrogens (tertiary/aromatic N) is 2. The van der Waals surface area contributed by atoms with E-state index in [0.29, 0.717) is 43.7 Å². The molecule has 2 aromatic carbocycles. The van der Waals surface area contributed by atoms with Gasteiger partial charge in [0.1, 0.15) is 6.04 Å². The first kappa shape index (κ1) is 24.4. The van der Waals surface area contributed by atoms with Crippen molar-refractivity contribution in [2.45, 2.75) is 63.3 Å². The fraction of sp³-hybridized carbons (Fsp3) is 0.462. The maximum atomic E-state index is 13.2. The van der Waals surface area contributed by atoms with Crippen molar-refractivity contribution in [2.24, 2.45) is 0 Å². The van der Waals surface area contributed by atoms with Gasteiger partial charge in [-0.05, 0) is 61.1 Å². The van der Waals surface area contributed by atoms with Gasteiger partial charge in [0.15, 0.2) is 0 Å². The molecule has 2 amide bonds. The predicted octanol–water partition coefficient (Wildman–Crippen LogP) is 3.20. The standard InChI is InChI=1S/C26H33N3O4S/c1-19-9-5-6-10-21(19)13-14-27-26(31)25-18-22-17-23(11-12-24(22)29(25)20(2)30)34(32,33)28-15-7-3-4-8-16-28/h5-6,9-12,17,25H,3-4,7-8,13-16,18H2,1-2H3,(H,27,31)/t25-/m0/s1. The number of anilines is 1. The summed E-state index contributed by atoms with van der Waals surface area (Å²) in [6.45, 7) is 5.01. The largest absolute Gasteiger partial charge is 0.354 e. The molecule has 0 aromatic heterocycles. The van der Waals surface area contributed by atoms with Crippen LogP contribution >= 0.6 is 0 Å². The van der Waals surface area contributed by atoms with Gasteiger partial charge in [0.05, 0.1) is 4.90 Å². The Morgan fingerprint density at radius 3 is 2.41 bits per heavy atom. The SMILES string of the molecule is CC(=O)N1c2ccc(S(=O)(=O)N3CCCCCC3)cc2C[C@H]1C(=O)NCCc1ccccc1C. The molecule has 0 spiro atoms. The van der Waals surface area contributed by atoms with Crippen LogP contribution in [-0.2, 0) is 32.5 Å². The number of nitrogens with one attached hydrogen (secondary N) is 1. The number of benzene rings is 2. The Hall–Kier alpha value is -2.71. The molecule has 8 heteroatoms. The zero-order valence-corrected chi connectivity index (χ0v) is 20.7. The Morgan fingerprint density at radius 2 is 1.74 bits per heavy atom. The summed E-state index contributed by atoms with van der Waals surface area (Å²) in [5, 5.41) is 2.96. The highest BCUT2D eigenvalue weighted by atomic mass is 32.2. The number of carbonyl (C=O) groups is 2. The minimum absolute atomic E-state index is 0.225. The lowest BCUT2D eigenvalue weighted by Crippen LogP contribution is -2.47. The smallest absolute Gasteiger partial charge is 0.243 e. The fourth-order valence-electron chi connectivity index (χ4n) is 4.95. The number of rotatable bonds is 6. The molecule has 7 nitrogen and oxygen atoms in total. The lowest BCUT2D eigenvalue weighted by molar-refractivity contribution is -0.125. The van der Waals surface area contributed by atoms with Crippen LogP contribution in [0.2, 0.25) is 0 Å². The molecular formula is C26H33N3O4S. The van der Waals surface area contributed by atoms with E-state index in [0.717, 1.165) is 25.7 Å².